The summed E-state index contributed by atoms with van der Waals surface area (Å²) >= 11 is 0. The summed E-state index contributed by atoms with van der Waals surface area (Å²) in [6.45, 7) is 1.50. The van der Waals surface area contributed by atoms with Gasteiger partial charge in [-0.25, -0.2) is 9.97 Å². The molecule has 1 saturated heterocycles. The number of hydrogen-bond acceptors (Lipinski definition) is 6. The van der Waals surface area contributed by atoms with Crippen molar-refractivity contribution in [3.8, 4) is 28.5 Å². The molecule has 1 fully saturated rings. The monoisotopic (exact) mass is 480 g/mol. The third-order valence-electron chi connectivity index (χ3n) is 6.34. The highest BCUT2D eigenvalue weighted by Crippen LogP contribution is 2.31. The number of para-hydroxylation sites is 3. The van der Waals surface area contributed by atoms with Gasteiger partial charge in [0.2, 0.25) is 5.91 Å². The smallest absolute Gasteiger partial charge is 0.227 e. The van der Waals surface area contributed by atoms with E-state index >= 15 is 0 Å². The fraction of sp³-hybridized carbons (Fsp3) is 0.207. The number of benzene rings is 3. The SMILES string of the molecule is COc1ccc(-c2cc(N3CCC(C(=O)Nc4ccccc4Oc4ccccc4)CC3)ncn2)cc1. The van der Waals surface area contributed by atoms with E-state index in [1.54, 1.807) is 13.4 Å². The predicted octanol–water partition coefficient (Wildman–Crippen LogP) is 5.80. The van der Waals surface area contributed by atoms with E-state index in [4.69, 9.17) is 9.47 Å². The van der Waals surface area contributed by atoms with Crippen LogP contribution in [0.2, 0.25) is 0 Å². The van der Waals surface area contributed by atoms with Crippen molar-refractivity contribution in [2.75, 3.05) is 30.4 Å². The van der Waals surface area contributed by atoms with Crippen LogP contribution < -0.4 is 19.7 Å². The molecular weight excluding hydrogens is 452 g/mol. The molecule has 1 aliphatic rings. The number of ether oxygens (including phenoxy) is 2. The van der Waals surface area contributed by atoms with Gasteiger partial charge in [-0.05, 0) is 61.4 Å². The average Bonchev–Trinajstić information content (AvgIpc) is 2.95. The van der Waals surface area contributed by atoms with Gasteiger partial charge in [-0.1, -0.05) is 30.3 Å². The molecule has 182 valence electrons. The van der Waals surface area contributed by atoms with Gasteiger partial charge >= 0.3 is 0 Å². The lowest BCUT2D eigenvalue weighted by atomic mass is 9.95. The molecule has 3 aromatic carbocycles. The maximum atomic E-state index is 13.1. The standard InChI is InChI=1S/C29H28N4O3/c1-35-23-13-11-21(12-14-23)26-19-28(31-20-30-26)33-17-15-22(16-18-33)29(34)32-25-9-5-6-10-27(25)36-24-7-3-2-4-8-24/h2-14,19-20,22H,15-18H2,1H3,(H,32,34). The number of nitrogens with one attached hydrogen (secondary N) is 1. The Hall–Kier alpha value is -4.39. The quantitative estimate of drug-likeness (QED) is 0.360. The Labute approximate surface area is 210 Å². The Morgan fingerprint density at radius 3 is 2.36 bits per heavy atom. The number of carbonyl (C=O) groups is 1. The molecule has 4 aromatic rings. The minimum Gasteiger partial charge on any atom is -0.497 e. The number of carbonyl (C=O) groups excluding carboxylic acids is 1. The zero-order chi connectivity index (χ0) is 24.7. The zero-order valence-electron chi connectivity index (χ0n) is 20.1. The molecule has 1 aromatic heterocycles. The summed E-state index contributed by atoms with van der Waals surface area (Å²) in [5, 5.41) is 3.08. The largest absolute Gasteiger partial charge is 0.497 e. The van der Waals surface area contributed by atoms with E-state index in [0.29, 0.717) is 11.4 Å². The molecule has 36 heavy (non-hydrogen) atoms. The van der Waals surface area contributed by atoms with Gasteiger partial charge in [-0.3, -0.25) is 4.79 Å². The number of aromatic nitrogens is 2. The van der Waals surface area contributed by atoms with Crippen LogP contribution in [0.3, 0.4) is 0 Å². The van der Waals surface area contributed by atoms with Crippen LogP contribution in [0.25, 0.3) is 11.3 Å². The lowest BCUT2D eigenvalue weighted by molar-refractivity contribution is -0.120. The van der Waals surface area contributed by atoms with Gasteiger partial charge < -0.3 is 19.7 Å². The van der Waals surface area contributed by atoms with E-state index in [1.165, 1.54) is 0 Å². The maximum absolute atomic E-state index is 13.1. The third kappa shape index (κ3) is 5.46. The Bertz CT molecular complexity index is 1300. The highest BCUT2D eigenvalue weighted by Gasteiger charge is 2.26. The summed E-state index contributed by atoms with van der Waals surface area (Å²) in [4.78, 5) is 24.2. The van der Waals surface area contributed by atoms with E-state index in [0.717, 1.165) is 54.5 Å². The van der Waals surface area contributed by atoms with Crippen LogP contribution in [0, 0.1) is 5.92 Å². The second-order valence-electron chi connectivity index (χ2n) is 8.65. The second-order valence-corrected chi connectivity index (χ2v) is 8.65. The Morgan fingerprint density at radius 1 is 0.889 bits per heavy atom. The molecule has 1 amide bonds. The van der Waals surface area contributed by atoms with Crippen LogP contribution in [0.5, 0.6) is 17.2 Å². The van der Waals surface area contributed by atoms with Crippen LogP contribution in [-0.2, 0) is 4.79 Å². The van der Waals surface area contributed by atoms with Gasteiger partial charge in [-0.15, -0.1) is 0 Å². The minimum atomic E-state index is -0.0751. The third-order valence-corrected chi connectivity index (χ3v) is 6.34. The van der Waals surface area contributed by atoms with Crippen LogP contribution in [0.4, 0.5) is 11.5 Å². The summed E-state index contributed by atoms with van der Waals surface area (Å²) in [6, 6.07) is 26.9. The van der Waals surface area contributed by atoms with Crippen LogP contribution in [0.15, 0.2) is 91.3 Å². The first kappa shape index (κ1) is 23.4. The van der Waals surface area contributed by atoms with Gasteiger partial charge in [0.05, 0.1) is 18.5 Å². The highest BCUT2D eigenvalue weighted by atomic mass is 16.5. The van der Waals surface area contributed by atoms with Crippen LogP contribution >= 0.6 is 0 Å². The van der Waals surface area contributed by atoms with Gasteiger partial charge in [0.25, 0.3) is 0 Å². The molecule has 0 atom stereocenters. The lowest BCUT2D eigenvalue weighted by Gasteiger charge is -2.32. The van der Waals surface area contributed by atoms with E-state index in [9.17, 15) is 4.79 Å². The molecule has 0 radical (unpaired) electrons. The molecule has 7 nitrogen and oxygen atoms in total. The van der Waals surface area contributed by atoms with Gasteiger partial charge in [0.1, 0.15) is 23.6 Å². The van der Waals surface area contributed by atoms with Crippen molar-refractivity contribution in [1.82, 2.24) is 9.97 Å². The molecule has 0 aliphatic carbocycles. The van der Waals surface area contributed by atoms with Crippen LogP contribution in [-0.4, -0.2) is 36.1 Å². The summed E-state index contributed by atoms with van der Waals surface area (Å²) in [7, 11) is 1.65. The molecule has 2 heterocycles. The first-order valence-electron chi connectivity index (χ1n) is 12.0. The lowest BCUT2D eigenvalue weighted by Crippen LogP contribution is -2.38. The average molecular weight is 481 g/mol. The zero-order valence-corrected chi connectivity index (χ0v) is 20.1. The van der Waals surface area contributed by atoms with Crippen molar-refractivity contribution in [3.05, 3.63) is 91.3 Å². The number of methoxy groups -OCH3 is 1. The van der Waals surface area contributed by atoms with Crippen LogP contribution in [0.1, 0.15) is 12.8 Å². The van der Waals surface area contributed by atoms with Crippen molar-refractivity contribution in [2.45, 2.75) is 12.8 Å². The maximum Gasteiger partial charge on any atom is 0.227 e. The topological polar surface area (TPSA) is 76.6 Å². The van der Waals surface area contributed by atoms with Gasteiger partial charge in [-0.2, -0.15) is 0 Å². The Balaban J connectivity index is 1.21. The molecule has 0 unspecified atom stereocenters. The highest BCUT2D eigenvalue weighted by molar-refractivity contribution is 5.94. The number of nitrogens with zero attached hydrogens (tertiary/aromatic N) is 3. The second kappa shape index (κ2) is 10.9. The number of piperidine rings is 1. The summed E-state index contributed by atoms with van der Waals surface area (Å²) in [6.07, 6.45) is 3.09. The van der Waals surface area contributed by atoms with Crippen molar-refractivity contribution in [3.63, 3.8) is 0 Å². The first-order chi connectivity index (χ1) is 17.7. The summed E-state index contributed by atoms with van der Waals surface area (Å²) in [5.41, 5.74) is 2.54. The Morgan fingerprint density at radius 2 is 1.61 bits per heavy atom. The van der Waals surface area contributed by atoms with E-state index in [2.05, 4.69) is 20.2 Å². The summed E-state index contributed by atoms with van der Waals surface area (Å²) < 4.78 is 11.2. The first-order valence-corrected chi connectivity index (χ1v) is 12.0. The van der Waals surface area contributed by atoms with E-state index in [1.807, 2.05) is 84.9 Å². The molecule has 1 aliphatic heterocycles. The molecule has 0 bridgehead atoms. The fourth-order valence-corrected chi connectivity index (χ4v) is 4.32. The van der Waals surface area contributed by atoms with E-state index < -0.39 is 0 Å². The van der Waals surface area contributed by atoms with Gasteiger partial charge in [0, 0.05) is 30.6 Å². The number of rotatable bonds is 7. The van der Waals surface area contributed by atoms with Gasteiger partial charge in [0.15, 0.2) is 5.75 Å². The predicted molar refractivity (Wildman–Crippen MR) is 141 cm³/mol. The van der Waals surface area contributed by atoms with E-state index in [-0.39, 0.29) is 11.8 Å². The van der Waals surface area contributed by atoms with Crippen molar-refractivity contribution in [2.24, 2.45) is 5.92 Å². The number of anilines is 2. The minimum absolute atomic E-state index is 0.0142. The molecular formula is C29H28N4O3. The molecule has 0 spiro atoms. The Kier molecular flexibility index (Phi) is 7.07. The molecule has 1 N–H and O–H groups in total. The number of amides is 1. The van der Waals surface area contributed by atoms with Crippen molar-refractivity contribution >= 4 is 17.4 Å². The fourth-order valence-electron chi connectivity index (χ4n) is 4.32. The number of hydrogen-bond donors (Lipinski definition) is 1. The molecule has 7 heteroatoms. The van der Waals surface area contributed by atoms with Crippen molar-refractivity contribution < 1.29 is 14.3 Å². The normalized spacial score (nSPS) is 13.8. The molecule has 0 saturated carbocycles. The molecule has 5 rings (SSSR count). The van der Waals surface area contributed by atoms with Crippen molar-refractivity contribution in [1.29, 1.82) is 0 Å². The summed E-state index contributed by atoms with van der Waals surface area (Å²) in [5.74, 6) is 2.97.